The maximum Gasteiger partial charge on any atom is 0.262 e. The molecule has 0 atom stereocenters. The van der Waals surface area contributed by atoms with Crippen LogP contribution in [-0.2, 0) is 21.2 Å². The number of sulfonamides is 1. The third-order valence-electron chi connectivity index (χ3n) is 4.92. The number of aryl methyl sites for hydroxylation is 1. The van der Waals surface area contributed by atoms with Crippen LogP contribution in [0.25, 0.3) is 10.9 Å². The van der Waals surface area contributed by atoms with Gasteiger partial charge in [-0.25, -0.2) is 8.42 Å². The van der Waals surface area contributed by atoms with Crippen LogP contribution in [0.1, 0.15) is 24.1 Å². The fraction of sp³-hybridized carbons (Fsp3) is 0.238. The van der Waals surface area contributed by atoms with Crippen molar-refractivity contribution in [3.05, 3.63) is 59.8 Å². The van der Waals surface area contributed by atoms with Crippen LogP contribution in [0.3, 0.4) is 0 Å². The van der Waals surface area contributed by atoms with E-state index in [4.69, 9.17) is 0 Å². The Balaban J connectivity index is 1.50. The van der Waals surface area contributed by atoms with E-state index in [1.807, 2.05) is 31.2 Å². The largest absolute Gasteiger partial charge is 0.358 e. The highest BCUT2D eigenvalue weighted by atomic mass is 32.2. The molecule has 29 heavy (non-hydrogen) atoms. The van der Waals surface area contributed by atoms with Crippen LogP contribution in [-0.4, -0.2) is 31.7 Å². The van der Waals surface area contributed by atoms with Crippen molar-refractivity contribution in [1.29, 1.82) is 0 Å². The van der Waals surface area contributed by atoms with E-state index in [1.54, 1.807) is 12.1 Å². The van der Waals surface area contributed by atoms with Gasteiger partial charge in [-0.05, 0) is 43.2 Å². The zero-order valence-electron chi connectivity index (χ0n) is 16.0. The number of H-pyrrole nitrogens is 1. The lowest BCUT2D eigenvalue weighted by Crippen LogP contribution is -2.29. The average Bonchev–Trinajstić information content (AvgIpc) is 3.29. The average molecular weight is 410 g/mol. The number of aliphatic imine (C=N–C) groups is 1. The number of fused-ring (bicyclic) bond motifs is 1. The highest BCUT2D eigenvalue weighted by Gasteiger charge is 2.19. The predicted molar refractivity (Wildman–Crippen MR) is 114 cm³/mol. The van der Waals surface area contributed by atoms with Crippen molar-refractivity contribution >= 4 is 38.4 Å². The molecule has 1 aromatic heterocycles. The summed E-state index contributed by atoms with van der Waals surface area (Å²) < 4.78 is 27.7. The summed E-state index contributed by atoms with van der Waals surface area (Å²) in [6, 6.07) is 14.1. The van der Waals surface area contributed by atoms with Gasteiger partial charge in [0.05, 0.1) is 11.3 Å². The summed E-state index contributed by atoms with van der Waals surface area (Å²) in [5, 5.41) is 3.82. The van der Waals surface area contributed by atoms with Gasteiger partial charge in [-0.1, -0.05) is 24.3 Å². The number of carbonyl (C=O) groups is 1. The molecule has 2 aromatic carbocycles. The lowest BCUT2D eigenvalue weighted by molar-refractivity contribution is -0.115. The predicted octanol–water partition coefficient (Wildman–Crippen LogP) is 3.13. The van der Waals surface area contributed by atoms with E-state index in [0.29, 0.717) is 24.5 Å². The van der Waals surface area contributed by atoms with Crippen molar-refractivity contribution in [3.63, 3.8) is 0 Å². The van der Waals surface area contributed by atoms with Crippen LogP contribution in [0.4, 0.5) is 5.69 Å². The maximum absolute atomic E-state index is 12.6. The maximum atomic E-state index is 12.6. The van der Waals surface area contributed by atoms with Crippen molar-refractivity contribution < 1.29 is 13.2 Å². The lowest BCUT2D eigenvalue weighted by atomic mass is 10.1. The molecule has 3 aromatic rings. The molecule has 150 valence electrons. The zero-order valence-corrected chi connectivity index (χ0v) is 16.8. The summed E-state index contributed by atoms with van der Waals surface area (Å²) in [6.45, 7) is 2.58. The minimum absolute atomic E-state index is 0.0909. The number of amidine groups is 1. The summed E-state index contributed by atoms with van der Waals surface area (Å²) in [7, 11) is -3.72. The number of benzene rings is 2. The molecule has 0 spiro atoms. The molecular weight excluding hydrogens is 388 g/mol. The fourth-order valence-electron chi connectivity index (χ4n) is 3.51. The molecule has 4 rings (SSSR count). The monoisotopic (exact) mass is 410 g/mol. The molecule has 0 radical (unpaired) electrons. The lowest BCUT2D eigenvalue weighted by Gasteiger charge is -2.10. The SMILES string of the molecule is Cc1[nH]c2ccccc2c1CC(=O)Nc1cccc(S(=O)(=O)NC2=NCCC2)c1. The minimum Gasteiger partial charge on any atom is -0.358 e. The molecule has 0 saturated heterocycles. The van der Waals surface area contributed by atoms with E-state index in [2.05, 4.69) is 20.0 Å². The molecule has 8 heteroatoms. The number of nitrogens with zero attached hydrogens (tertiary/aromatic N) is 1. The van der Waals surface area contributed by atoms with Gasteiger partial charge in [0, 0.05) is 35.2 Å². The van der Waals surface area contributed by atoms with E-state index >= 15 is 0 Å². The van der Waals surface area contributed by atoms with E-state index in [-0.39, 0.29) is 17.2 Å². The van der Waals surface area contributed by atoms with Crippen LogP contribution in [0.15, 0.2) is 58.4 Å². The number of carbonyl (C=O) groups excluding carboxylic acids is 1. The molecule has 1 aliphatic heterocycles. The van der Waals surface area contributed by atoms with Crippen molar-refractivity contribution in [3.8, 4) is 0 Å². The van der Waals surface area contributed by atoms with Crippen LogP contribution in [0, 0.1) is 6.92 Å². The van der Waals surface area contributed by atoms with Crippen LogP contribution >= 0.6 is 0 Å². The standard InChI is InChI=1S/C21H22N4O3S/c1-14-18(17-8-2-3-9-19(17)23-14)13-21(26)24-15-6-4-7-16(12-15)29(27,28)25-20-10-5-11-22-20/h2-4,6-9,12,23H,5,10-11,13H2,1H3,(H,22,25)(H,24,26). The first-order valence-electron chi connectivity index (χ1n) is 9.44. The molecule has 0 unspecified atom stereocenters. The summed E-state index contributed by atoms with van der Waals surface area (Å²) in [4.78, 5) is 20.1. The van der Waals surface area contributed by atoms with Crippen molar-refractivity contribution in [1.82, 2.24) is 9.71 Å². The number of hydrogen-bond donors (Lipinski definition) is 3. The molecule has 0 fully saturated rings. The first-order valence-corrected chi connectivity index (χ1v) is 10.9. The van der Waals surface area contributed by atoms with Gasteiger partial charge < -0.3 is 10.3 Å². The number of hydrogen-bond acceptors (Lipinski definition) is 4. The zero-order chi connectivity index (χ0) is 20.4. The Morgan fingerprint density at radius 2 is 2.00 bits per heavy atom. The van der Waals surface area contributed by atoms with Gasteiger partial charge >= 0.3 is 0 Å². The second-order valence-corrected chi connectivity index (χ2v) is 8.75. The highest BCUT2D eigenvalue weighted by molar-refractivity contribution is 7.90. The quantitative estimate of drug-likeness (QED) is 0.602. The van der Waals surface area contributed by atoms with E-state index in [1.165, 1.54) is 12.1 Å². The highest BCUT2D eigenvalue weighted by Crippen LogP contribution is 2.23. The smallest absolute Gasteiger partial charge is 0.262 e. The number of anilines is 1. The van der Waals surface area contributed by atoms with Crippen molar-refractivity contribution in [2.75, 3.05) is 11.9 Å². The Kier molecular flexibility index (Phi) is 5.10. The molecule has 0 aliphatic carbocycles. The Morgan fingerprint density at radius 3 is 2.79 bits per heavy atom. The number of amides is 1. The molecule has 0 saturated carbocycles. The second kappa shape index (κ2) is 7.71. The first-order chi connectivity index (χ1) is 13.9. The third-order valence-corrected chi connectivity index (χ3v) is 6.30. The number of para-hydroxylation sites is 1. The van der Waals surface area contributed by atoms with Gasteiger partial charge in [0.2, 0.25) is 5.91 Å². The molecule has 1 amide bonds. The van der Waals surface area contributed by atoms with Crippen molar-refractivity contribution in [2.45, 2.75) is 31.1 Å². The summed E-state index contributed by atoms with van der Waals surface area (Å²) >= 11 is 0. The molecular formula is C21H22N4O3S. The molecule has 3 N–H and O–H groups in total. The molecule has 2 heterocycles. The van der Waals surface area contributed by atoms with Gasteiger partial charge in [0.1, 0.15) is 5.84 Å². The second-order valence-electron chi connectivity index (χ2n) is 7.06. The van der Waals surface area contributed by atoms with Crippen molar-refractivity contribution in [2.24, 2.45) is 4.99 Å². The fourth-order valence-corrected chi connectivity index (χ4v) is 4.64. The van der Waals surface area contributed by atoms with E-state index in [9.17, 15) is 13.2 Å². The van der Waals surface area contributed by atoms with E-state index in [0.717, 1.165) is 28.6 Å². The Bertz CT molecular complexity index is 1210. The first kappa shape index (κ1) is 19.2. The molecule has 0 bridgehead atoms. The normalized spacial score (nSPS) is 14.0. The Labute approximate surface area is 169 Å². The molecule has 7 nitrogen and oxygen atoms in total. The number of rotatable bonds is 5. The molecule has 1 aliphatic rings. The van der Waals surface area contributed by atoms with Crippen LogP contribution < -0.4 is 10.0 Å². The van der Waals surface area contributed by atoms with Gasteiger partial charge in [0.25, 0.3) is 10.0 Å². The van der Waals surface area contributed by atoms with Gasteiger partial charge in [-0.15, -0.1) is 0 Å². The van der Waals surface area contributed by atoms with Gasteiger partial charge in [-0.3, -0.25) is 14.5 Å². The number of nitrogens with one attached hydrogen (secondary N) is 3. The Morgan fingerprint density at radius 1 is 1.17 bits per heavy atom. The summed E-state index contributed by atoms with van der Waals surface area (Å²) in [5.41, 5.74) is 3.30. The summed E-state index contributed by atoms with van der Waals surface area (Å²) in [6.07, 6.45) is 1.67. The topological polar surface area (TPSA) is 103 Å². The van der Waals surface area contributed by atoms with E-state index < -0.39 is 10.0 Å². The number of aromatic amines is 1. The number of aromatic nitrogens is 1. The van der Waals surface area contributed by atoms with Crippen LogP contribution in [0.2, 0.25) is 0 Å². The van der Waals surface area contributed by atoms with Gasteiger partial charge in [-0.2, -0.15) is 0 Å². The third kappa shape index (κ3) is 4.17. The van der Waals surface area contributed by atoms with Gasteiger partial charge in [0.15, 0.2) is 0 Å². The van der Waals surface area contributed by atoms with Crippen LogP contribution in [0.5, 0.6) is 0 Å². The minimum atomic E-state index is -3.72. The Hall–Kier alpha value is -3.13. The summed E-state index contributed by atoms with van der Waals surface area (Å²) in [5.74, 6) is 0.273.